The molecule has 0 saturated heterocycles. The van der Waals surface area contributed by atoms with Crippen LogP contribution in [-0.2, 0) is 0 Å². The third kappa shape index (κ3) is 4.49. The SMILES string of the molecule is CNC(=S)c1ccnc2c([C@@H](C)CNc3cc(-c4cncnc4)nc(C)n3)cccc12. The lowest BCUT2D eigenvalue weighted by atomic mass is 9.96. The smallest absolute Gasteiger partial charge is 0.130 e. The number of rotatable bonds is 6. The molecule has 0 spiro atoms. The van der Waals surface area contributed by atoms with Gasteiger partial charge in [0, 0.05) is 60.7 Å². The van der Waals surface area contributed by atoms with E-state index in [4.69, 9.17) is 12.2 Å². The van der Waals surface area contributed by atoms with Gasteiger partial charge >= 0.3 is 0 Å². The summed E-state index contributed by atoms with van der Waals surface area (Å²) in [5.41, 5.74) is 4.77. The average Bonchev–Trinajstić information content (AvgIpc) is 2.81. The zero-order valence-electron chi connectivity index (χ0n) is 17.6. The Bertz CT molecular complexity index is 1230. The highest BCUT2D eigenvalue weighted by Gasteiger charge is 2.14. The van der Waals surface area contributed by atoms with Gasteiger partial charge in [-0.15, -0.1) is 0 Å². The Morgan fingerprint density at radius 2 is 1.94 bits per heavy atom. The van der Waals surface area contributed by atoms with E-state index in [1.54, 1.807) is 12.4 Å². The van der Waals surface area contributed by atoms with Gasteiger partial charge < -0.3 is 10.6 Å². The van der Waals surface area contributed by atoms with Crippen LogP contribution in [0.3, 0.4) is 0 Å². The van der Waals surface area contributed by atoms with Gasteiger partial charge in [0.1, 0.15) is 23.0 Å². The van der Waals surface area contributed by atoms with Gasteiger partial charge in [-0.1, -0.05) is 37.3 Å². The van der Waals surface area contributed by atoms with E-state index in [1.807, 2.05) is 32.3 Å². The van der Waals surface area contributed by atoms with E-state index in [1.165, 1.54) is 6.33 Å². The Morgan fingerprint density at radius 1 is 1.13 bits per heavy atom. The van der Waals surface area contributed by atoms with Crippen LogP contribution in [0.4, 0.5) is 5.82 Å². The minimum absolute atomic E-state index is 0.202. The standard InChI is InChI=1S/C23H23N7S/c1-14(17-5-4-6-18-19(23(31)24-3)7-8-27-22(17)18)10-28-21-9-20(29-15(2)30-21)16-11-25-13-26-12-16/h4-9,11-14H,10H2,1-3H3,(H,24,31)(H,28,29,30)/t14-/m0/s1. The fraction of sp³-hybridized carbons (Fsp3) is 0.217. The number of pyridine rings is 1. The monoisotopic (exact) mass is 429 g/mol. The van der Waals surface area contributed by atoms with Crippen LogP contribution >= 0.6 is 12.2 Å². The summed E-state index contributed by atoms with van der Waals surface area (Å²) in [5, 5.41) is 7.56. The van der Waals surface area contributed by atoms with E-state index in [0.717, 1.165) is 39.1 Å². The van der Waals surface area contributed by atoms with E-state index in [2.05, 4.69) is 60.7 Å². The number of nitrogens with one attached hydrogen (secondary N) is 2. The van der Waals surface area contributed by atoms with Crippen LogP contribution in [0, 0.1) is 6.92 Å². The summed E-state index contributed by atoms with van der Waals surface area (Å²) in [7, 11) is 1.84. The quantitative estimate of drug-likeness (QED) is 0.446. The number of para-hydroxylation sites is 1. The molecule has 8 heteroatoms. The fourth-order valence-electron chi connectivity index (χ4n) is 3.53. The van der Waals surface area contributed by atoms with Gasteiger partial charge in [-0.2, -0.15) is 0 Å². The van der Waals surface area contributed by atoms with Crippen molar-refractivity contribution >= 4 is 33.9 Å². The molecule has 2 N–H and O–H groups in total. The largest absolute Gasteiger partial charge is 0.379 e. The maximum absolute atomic E-state index is 5.46. The number of fused-ring (bicyclic) bond motifs is 1. The summed E-state index contributed by atoms with van der Waals surface area (Å²) >= 11 is 5.46. The van der Waals surface area contributed by atoms with Gasteiger partial charge in [-0.3, -0.25) is 4.98 Å². The molecule has 0 aliphatic rings. The minimum atomic E-state index is 0.202. The Balaban J connectivity index is 1.59. The highest BCUT2D eigenvalue weighted by molar-refractivity contribution is 7.80. The van der Waals surface area contributed by atoms with Crippen molar-refractivity contribution in [1.82, 2.24) is 30.2 Å². The highest BCUT2D eigenvalue weighted by Crippen LogP contribution is 2.27. The first-order valence-corrected chi connectivity index (χ1v) is 10.4. The van der Waals surface area contributed by atoms with Crippen molar-refractivity contribution in [3.05, 3.63) is 72.2 Å². The Labute approximate surface area is 186 Å². The number of hydrogen-bond donors (Lipinski definition) is 2. The molecule has 3 aromatic heterocycles. The van der Waals surface area contributed by atoms with E-state index in [0.29, 0.717) is 17.4 Å². The molecule has 156 valence electrons. The van der Waals surface area contributed by atoms with Crippen molar-refractivity contribution in [2.45, 2.75) is 19.8 Å². The van der Waals surface area contributed by atoms with Crippen LogP contribution in [0.5, 0.6) is 0 Å². The third-order valence-electron chi connectivity index (χ3n) is 5.09. The molecule has 1 aromatic carbocycles. The summed E-state index contributed by atoms with van der Waals surface area (Å²) in [6.45, 7) is 4.75. The molecule has 0 aliphatic carbocycles. The second-order valence-electron chi connectivity index (χ2n) is 7.28. The molecule has 0 bridgehead atoms. The molecule has 0 fully saturated rings. The van der Waals surface area contributed by atoms with Crippen molar-refractivity contribution < 1.29 is 0 Å². The Morgan fingerprint density at radius 3 is 2.71 bits per heavy atom. The second-order valence-corrected chi connectivity index (χ2v) is 7.68. The van der Waals surface area contributed by atoms with Crippen LogP contribution in [0.15, 0.2) is 55.2 Å². The summed E-state index contributed by atoms with van der Waals surface area (Å²) in [6.07, 6.45) is 6.81. The van der Waals surface area contributed by atoms with Crippen molar-refractivity contribution in [3.8, 4) is 11.3 Å². The number of hydrogen-bond acceptors (Lipinski definition) is 7. The lowest BCUT2D eigenvalue weighted by Crippen LogP contribution is -2.17. The van der Waals surface area contributed by atoms with Crippen LogP contribution in [0.1, 0.15) is 29.8 Å². The molecule has 4 aromatic rings. The maximum atomic E-state index is 5.46. The number of aryl methyl sites for hydroxylation is 1. The summed E-state index contributed by atoms with van der Waals surface area (Å²) in [4.78, 5) is 22.5. The zero-order chi connectivity index (χ0) is 21.8. The molecule has 1 atom stereocenters. The number of anilines is 1. The Hall–Kier alpha value is -3.52. The fourth-order valence-corrected chi connectivity index (χ4v) is 3.71. The van der Waals surface area contributed by atoms with Gasteiger partial charge in [-0.05, 0) is 18.6 Å². The van der Waals surface area contributed by atoms with Gasteiger partial charge in [0.2, 0.25) is 0 Å². The lowest BCUT2D eigenvalue weighted by molar-refractivity contribution is 0.804. The first kappa shape index (κ1) is 20.7. The van der Waals surface area contributed by atoms with Crippen molar-refractivity contribution in [2.24, 2.45) is 0 Å². The van der Waals surface area contributed by atoms with Crippen molar-refractivity contribution in [2.75, 3.05) is 18.9 Å². The predicted molar refractivity (Wildman–Crippen MR) is 127 cm³/mol. The van der Waals surface area contributed by atoms with Gasteiger partial charge in [0.25, 0.3) is 0 Å². The predicted octanol–water partition coefficient (Wildman–Crippen LogP) is 3.90. The molecular weight excluding hydrogens is 406 g/mol. The first-order valence-electron chi connectivity index (χ1n) is 10.0. The van der Waals surface area contributed by atoms with Gasteiger partial charge in [0.15, 0.2) is 0 Å². The minimum Gasteiger partial charge on any atom is -0.379 e. The molecule has 31 heavy (non-hydrogen) atoms. The van der Waals surface area contributed by atoms with Crippen molar-refractivity contribution in [3.63, 3.8) is 0 Å². The number of nitrogens with zero attached hydrogens (tertiary/aromatic N) is 5. The van der Waals surface area contributed by atoms with E-state index in [9.17, 15) is 0 Å². The van der Waals surface area contributed by atoms with Gasteiger partial charge in [0.05, 0.1) is 11.2 Å². The van der Waals surface area contributed by atoms with E-state index >= 15 is 0 Å². The zero-order valence-corrected chi connectivity index (χ0v) is 18.4. The molecule has 0 radical (unpaired) electrons. The van der Waals surface area contributed by atoms with Crippen LogP contribution in [0.25, 0.3) is 22.2 Å². The summed E-state index contributed by atoms with van der Waals surface area (Å²) in [6, 6.07) is 10.1. The molecule has 0 unspecified atom stereocenters. The summed E-state index contributed by atoms with van der Waals surface area (Å²) in [5.74, 6) is 1.66. The highest BCUT2D eigenvalue weighted by atomic mass is 32.1. The lowest BCUT2D eigenvalue weighted by Gasteiger charge is -2.17. The Kier molecular flexibility index (Phi) is 6.08. The number of aromatic nitrogens is 5. The van der Waals surface area contributed by atoms with Crippen LogP contribution < -0.4 is 10.6 Å². The molecular formula is C23H23N7S. The molecule has 7 nitrogen and oxygen atoms in total. The second kappa shape index (κ2) is 9.09. The normalized spacial score (nSPS) is 11.8. The number of thiocarbonyl (C=S) groups is 1. The topological polar surface area (TPSA) is 88.5 Å². The molecule has 0 aliphatic heterocycles. The number of benzene rings is 1. The molecule has 0 amide bonds. The molecule has 4 rings (SSSR count). The molecule has 0 saturated carbocycles. The third-order valence-corrected chi connectivity index (χ3v) is 5.51. The summed E-state index contributed by atoms with van der Waals surface area (Å²) < 4.78 is 0. The molecule has 3 heterocycles. The van der Waals surface area contributed by atoms with Crippen LogP contribution in [-0.4, -0.2) is 43.5 Å². The van der Waals surface area contributed by atoms with E-state index in [-0.39, 0.29) is 5.92 Å². The van der Waals surface area contributed by atoms with Crippen LogP contribution in [0.2, 0.25) is 0 Å². The maximum Gasteiger partial charge on any atom is 0.130 e. The average molecular weight is 430 g/mol. The first-order chi connectivity index (χ1) is 15.1. The van der Waals surface area contributed by atoms with E-state index < -0.39 is 0 Å². The van der Waals surface area contributed by atoms with Gasteiger partial charge in [-0.25, -0.2) is 19.9 Å². The van der Waals surface area contributed by atoms with Crippen molar-refractivity contribution in [1.29, 1.82) is 0 Å².